The summed E-state index contributed by atoms with van der Waals surface area (Å²) in [5.74, 6) is 1.92. The number of anilines is 1. The predicted molar refractivity (Wildman–Crippen MR) is 69.6 cm³/mol. The van der Waals surface area contributed by atoms with E-state index in [9.17, 15) is 0 Å². The third-order valence-corrected chi connectivity index (χ3v) is 2.83. The number of nitrogens with zero attached hydrogens (tertiary/aromatic N) is 5. The van der Waals surface area contributed by atoms with E-state index in [0.717, 1.165) is 5.69 Å². The molecular weight excluding hydrogens is 260 g/mol. The van der Waals surface area contributed by atoms with Gasteiger partial charge in [0.25, 0.3) is 5.89 Å². The van der Waals surface area contributed by atoms with Crippen LogP contribution in [0.1, 0.15) is 31.4 Å². The Morgan fingerprint density at radius 3 is 2.85 bits per heavy atom. The Hall–Kier alpha value is -2.64. The Bertz CT molecular complexity index is 697. The Balaban J connectivity index is 1.85. The van der Waals surface area contributed by atoms with Gasteiger partial charge in [0.2, 0.25) is 5.89 Å². The average Bonchev–Trinajstić information content (AvgIpc) is 3.10. The van der Waals surface area contributed by atoms with Gasteiger partial charge >= 0.3 is 0 Å². The lowest BCUT2D eigenvalue weighted by Gasteiger charge is -2.07. The van der Waals surface area contributed by atoms with E-state index in [0.29, 0.717) is 29.9 Å². The van der Waals surface area contributed by atoms with Crippen molar-refractivity contribution in [1.29, 1.82) is 0 Å². The van der Waals surface area contributed by atoms with Crippen molar-refractivity contribution < 1.29 is 8.83 Å². The third-order valence-electron chi connectivity index (χ3n) is 2.83. The highest BCUT2D eigenvalue weighted by atomic mass is 16.4. The Morgan fingerprint density at radius 2 is 2.15 bits per heavy atom. The summed E-state index contributed by atoms with van der Waals surface area (Å²) in [5, 5.41) is 15.8. The van der Waals surface area contributed by atoms with Gasteiger partial charge in [-0.05, 0) is 18.1 Å². The summed E-state index contributed by atoms with van der Waals surface area (Å²) in [6.07, 6.45) is 1.55. The molecule has 104 valence electrons. The molecule has 3 rings (SSSR count). The van der Waals surface area contributed by atoms with Crippen LogP contribution in [0.3, 0.4) is 0 Å². The number of furan rings is 1. The van der Waals surface area contributed by atoms with Crippen molar-refractivity contribution in [3.63, 3.8) is 0 Å². The van der Waals surface area contributed by atoms with Crippen LogP contribution in [0, 0.1) is 0 Å². The molecular formula is C12H14N6O2. The van der Waals surface area contributed by atoms with Gasteiger partial charge in [-0.3, -0.25) is 0 Å². The topological polar surface area (TPSA) is 109 Å². The summed E-state index contributed by atoms with van der Waals surface area (Å²) >= 11 is 0. The molecule has 0 aliphatic rings. The molecule has 0 radical (unpaired) electrons. The lowest BCUT2D eigenvalue weighted by molar-refractivity contribution is 0.447. The van der Waals surface area contributed by atoms with Crippen LogP contribution in [-0.2, 0) is 6.54 Å². The van der Waals surface area contributed by atoms with Gasteiger partial charge in [-0.25, -0.2) is 4.68 Å². The zero-order valence-electron chi connectivity index (χ0n) is 11.1. The second kappa shape index (κ2) is 4.80. The van der Waals surface area contributed by atoms with E-state index in [1.165, 1.54) is 0 Å². The number of hydrogen-bond acceptors (Lipinski definition) is 7. The van der Waals surface area contributed by atoms with Crippen LogP contribution in [0.25, 0.3) is 11.7 Å². The van der Waals surface area contributed by atoms with Crippen LogP contribution in [0.4, 0.5) is 5.82 Å². The smallest absolute Gasteiger partial charge is 0.283 e. The lowest BCUT2D eigenvalue weighted by Crippen LogP contribution is -2.09. The molecule has 0 saturated heterocycles. The largest absolute Gasteiger partial charge is 0.459 e. The molecule has 0 aliphatic carbocycles. The van der Waals surface area contributed by atoms with E-state index in [2.05, 4.69) is 20.5 Å². The summed E-state index contributed by atoms with van der Waals surface area (Å²) in [5.41, 5.74) is 6.65. The SMILES string of the molecule is CC(C)c1c(N)nnn1Cc1nnc(-c2ccco2)o1. The maximum absolute atomic E-state index is 5.80. The van der Waals surface area contributed by atoms with Gasteiger partial charge < -0.3 is 14.6 Å². The van der Waals surface area contributed by atoms with Crippen LogP contribution in [0.2, 0.25) is 0 Å². The van der Waals surface area contributed by atoms with Crippen LogP contribution >= 0.6 is 0 Å². The maximum Gasteiger partial charge on any atom is 0.283 e. The number of rotatable bonds is 4. The fraction of sp³-hybridized carbons (Fsp3) is 0.333. The van der Waals surface area contributed by atoms with E-state index >= 15 is 0 Å². The monoisotopic (exact) mass is 274 g/mol. The van der Waals surface area contributed by atoms with Crippen molar-refractivity contribution in [2.45, 2.75) is 26.3 Å². The van der Waals surface area contributed by atoms with Gasteiger partial charge in [0, 0.05) is 0 Å². The number of nitrogen functional groups attached to an aromatic ring is 1. The molecule has 0 aliphatic heterocycles. The molecule has 3 heterocycles. The summed E-state index contributed by atoms with van der Waals surface area (Å²) < 4.78 is 12.4. The highest BCUT2D eigenvalue weighted by molar-refractivity contribution is 5.42. The first-order valence-electron chi connectivity index (χ1n) is 6.20. The Morgan fingerprint density at radius 1 is 1.30 bits per heavy atom. The fourth-order valence-corrected chi connectivity index (χ4v) is 1.99. The van der Waals surface area contributed by atoms with Gasteiger partial charge in [-0.15, -0.1) is 15.3 Å². The van der Waals surface area contributed by atoms with Crippen molar-refractivity contribution in [3.8, 4) is 11.7 Å². The van der Waals surface area contributed by atoms with E-state index < -0.39 is 0 Å². The van der Waals surface area contributed by atoms with Gasteiger partial charge in [-0.1, -0.05) is 19.1 Å². The molecule has 3 aromatic heterocycles. The highest BCUT2D eigenvalue weighted by Gasteiger charge is 2.17. The second-order valence-corrected chi connectivity index (χ2v) is 4.65. The third kappa shape index (κ3) is 2.15. The van der Waals surface area contributed by atoms with Gasteiger partial charge in [0.1, 0.15) is 6.54 Å². The molecule has 0 amide bonds. The standard InChI is InChI=1S/C12H14N6O2/c1-7(2)10-11(13)15-17-18(10)6-9-14-16-12(20-9)8-4-3-5-19-8/h3-5,7H,6,13H2,1-2H3. The first kappa shape index (κ1) is 12.4. The number of nitrogens with two attached hydrogens (primary N) is 1. The van der Waals surface area contributed by atoms with Crippen molar-refractivity contribution in [1.82, 2.24) is 25.2 Å². The molecule has 0 fully saturated rings. The van der Waals surface area contributed by atoms with E-state index in [4.69, 9.17) is 14.6 Å². The van der Waals surface area contributed by atoms with E-state index in [1.807, 2.05) is 13.8 Å². The Labute approximate surface area is 114 Å². The van der Waals surface area contributed by atoms with Gasteiger partial charge in [0.15, 0.2) is 11.6 Å². The maximum atomic E-state index is 5.80. The normalized spacial score (nSPS) is 11.3. The molecule has 20 heavy (non-hydrogen) atoms. The van der Waals surface area contributed by atoms with Crippen molar-refractivity contribution in [2.24, 2.45) is 0 Å². The fourth-order valence-electron chi connectivity index (χ4n) is 1.99. The predicted octanol–water partition coefficient (Wildman–Crippen LogP) is 1.68. The van der Waals surface area contributed by atoms with Gasteiger partial charge in [-0.2, -0.15) is 0 Å². The average molecular weight is 274 g/mol. The van der Waals surface area contributed by atoms with E-state index in [1.54, 1.807) is 23.1 Å². The quantitative estimate of drug-likeness (QED) is 0.770. The van der Waals surface area contributed by atoms with Crippen LogP contribution in [-0.4, -0.2) is 25.2 Å². The lowest BCUT2D eigenvalue weighted by atomic mass is 10.1. The molecule has 0 atom stereocenters. The molecule has 8 nitrogen and oxygen atoms in total. The number of aromatic nitrogens is 5. The molecule has 8 heteroatoms. The first-order valence-corrected chi connectivity index (χ1v) is 6.20. The zero-order valence-corrected chi connectivity index (χ0v) is 11.1. The molecule has 2 N–H and O–H groups in total. The summed E-state index contributed by atoms with van der Waals surface area (Å²) in [7, 11) is 0. The minimum absolute atomic E-state index is 0.206. The first-order chi connectivity index (χ1) is 9.65. The number of hydrogen-bond donors (Lipinski definition) is 1. The van der Waals surface area contributed by atoms with Crippen molar-refractivity contribution in [3.05, 3.63) is 30.0 Å². The van der Waals surface area contributed by atoms with Crippen LogP contribution in [0.15, 0.2) is 27.2 Å². The highest BCUT2D eigenvalue weighted by Crippen LogP contribution is 2.21. The van der Waals surface area contributed by atoms with Gasteiger partial charge in [0.05, 0.1) is 12.0 Å². The van der Waals surface area contributed by atoms with Crippen LogP contribution in [0.5, 0.6) is 0 Å². The summed E-state index contributed by atoms with van der Waals surface area (Å²) in [6, 6.07) is 3.51. The molecule has 3 aromatic rings. The van der Waals surface area contributed by atoms with E-state index in [-0.39, 0.29) is 5.92 Å². The Kier molecular flexibility index (Phi) is 2.97. The molecule has 0 saturated carbocycles. The minimum atomic E-state index is 0.206. The van der Waals surface area contributed by atoms with Crippen LogP contribution < -0.4 is 5.73 Å². The zero-order chi connectivity index (χ0) is 14.1. The van der Waals surface area contributed by atoms with Crippen molar-refractivity contribution >= 4 is 5.82 Å². The molecule has 0 aromatic carbocycles. The molecule has 0 spiro atoms. The minimum Gasteiger partial charge on any atom is -0.459 e. The summed E-state index contributed by atoms with van der Waals surface area (Å²) in [6.45, 7) is 4.37. The second-order valence-electron chi connectivity index (χ2n) is 4.65. The molecule has 0 bridgehead atoms. The van der Waals surface area contributed by atoms with Crippen molar-refractivity contribution in [2.75, 3.05) is 5.73 Å². The molecule has 0 unspecified atom stereocenters. The summed E-state index contributed by atoms with van der Waals surface area (Å²) in [4.78, 5) is 0.